The van der Waals surface area contributed by atoms with Crippen LogP contribution in [-0.2, 0) is 0 Å². The number of hydrogen-bond donors (Lipinski definition) is 1. The van der Waals surface area contributed by atoms with Gasteiger partial charge in [-0.15, -0.1) is 0 Å². The van der Waals surface area contributed by atoms with Gasteiger partial charge in [0.1, 0.15) is 0 Å². The quantitative estimate of drug-likeness (QED) is 0.879. The van der Waals surface area contributed by atoms with E-state index >= 15 is 0 Å². The molecule has 0 bridgehead atoms. The molecule has 3 atom stereocenters. The van der Waals surface area contributed by atoms with E-state index in [1.54, 1.807) is 0 Å². The Hall–Kier alpha value is -1.02. The summed E-state index contributed by atoms with van der Waals surface area (Å²) in [5, 5.41) is 9.53. The lowest BCUT2D eigenvalue weighted by Crippen LogP contribution is -2.38. The molecule has 2 rings (SSSR count). The van der Waals surface area contributed by atoms with Crippen molar-refractivity contribution < 1.29 is 5.11 Å². The highest BCUT2D eigenvalue weighted by Crippen LogP contribution is 2.30. The lowest BCUT2D eigenvalue weighted by molar-refractivity contribution is 0.199. The predicted molar refractivity (Wildman–Crippen MR) is 76.9 cm³/mol. The molecule has 0 saturated heterocycles. The van der Waals surface area contributed by atoms with Gasteiger partial charge in [-0.2, -0.15) is 0 Å². The molecule has 1 aromatic rings. The minimum atomic E-state index is -0.377. The first-order valence-electron chi connectivity index (χ1n) is 7.10. The van der Waals surface area contributed by atoms with Crippen molar-refractivity contribution in [2.45, 2.75) is 51.7 Å². The molecule has 1 aliphatic carbocycles. The van der Waals surface area contributed by atoms with Crippen molar-refractivity contribution in [3.05, 3.63) is 29.8 Å². The molecule has 1 aliphatic rings. The zero-order valence-electron chi connectivity index (χ0n) is 11.8. The molecule has 0 heterocycles. The van der Waals surface area contributed by atoms with Crippen molar-refractivity contribution in [1.29, 1.82) is 0 Å². The van der Waals surface area contributed by atoms with Crippen LogP contribution in [0.15, 0.2) is 24.3 Å². The predicted octanol–water partition coefficient (Wildman–Crippen LogP) is 3.75. The van der Waals surface area contributed by atoms with Gasteiger partial charge in [0.05, 0.1) is 6.10 Å². The van der Waals surface area contributed by atoms with Gasteiger partial charge in [0.25, 0.3) is 0 Å². The zero-order valence-corrected chi connectivity index (χ0v) is 11.8. The maximum Gasteiger partial charge on any atom is 0.0761 e. The molecule has 0 amide bonds. The molecule has 1 aromatic carbocycles. The van der Waals surface area contributed by atoms with E-state index in [9.17, 15) is 5.11 Å². The van der Waals surface area contributed by atoms with Crippen LogP contribution in [-0.4, -0.2) is 18.2 Å². The summed E-state index contributed by atoms with van der Waals surface area (Å²) >= 11 is 0. The van der Waals surface area contributed by atoms with Crippen molar-refractivity contribution in [3.63, 3.8) is 0 Å². The lowest BCUT2D eigenvalue weighted by atomic mass is 9.85. The summed E-state index contributed by atoms with van der Waals surface area (Å²) in [6.07, 6.45) is 5.01. The Balaban J connectivity index is 2.10. The second kappa shape index (κ2) is 5.75. The molecule has 18 heavy (non-hydrogen) atoms. The molecule has 0 aliphatic heterocycles. The summed E-state index contributed by atoms with van der Waals surface area (Å²) in [7, 11) is 2.20. The maximum absolute atomic E-state index is 9.53. The van der Waals surface area contributed by atoms with E-state index < -0.39 is 0 Å². The number of nitrogens with zero attached hydrogens (tertiary/aromatic N) is 1. The normalized spacial score (nSPS) is 25.8. The number of aliphatic hydroxyl groups excluding tert-OH is 1. The minimum Gasteiger partial charge on any atom is -0.389 e. The van der Waals surface area contributed by atoms with Crippen molar-refractivity contribution in [2.75, 3.05) is 11.9 Å². The SMILES string of the molecule is CC1CCCCC1N(C)c1ccc([C@@H](C)O)cc1. The first-order valence-corrected chi connectivity index (χ1v) is 7.10. The summed E-state index contributed by atoms with van der Waals surface area (Å²) in [6, 6.07) is 8.98. The van der Waals surface area contributed by atoms with Gasteiger partial charge >= 0.3 is 0 Å². The van der Waals surface area contributed by atoms with Crippen LogP contribution < -0.4 is 4.90 Å². The van der Waals surface area contributed by atoms with Gasteiger partial charge in [-0.25, -0.2) is 0 Å². The molecular formula is C16H25NO. The minimum absolute atomic E-state index is 0.377. The summed E-state index contributed by atoms with van der Waals surface area (Å²) in [5.41, 5.74) is 2.25. The maximum atomic E-state index is 9.53. The average Bonchev–Trinajstić information content (AvgIpc) is 2.38. The highest BCUT2D eigenvalue weighted by Gasteiger charge is 2.25. The Labute approximate surface area is 111 Å². The molecule has 1 N–H and O–H groups in total. The smallest absolute Gasteiger partial charge is 0.0761 e. The monoisotopic (exact) mass is 247 g/mol. The van der Waals surface area contributed by atoms with Crippen LogP contribution >= 0.6 is 0 Å². The van der Waals surface area contributed by atoms with Gasteiger partial charge in [0.2, 0.25) is 0 Å². The Morgan fingerprint density at radius 3 is 2.33 bits per heavy atom. The molecule has 2 heteroatoms. The number of anilines is 1. The van der Waals surface area contributed by atoms with Gasteiger partial charge in [0, 0.05) is 18.8 Å². The van der Waals surface area contributed by atoms with E-state index in [0.29, 0.717) is 6.04 Å². The summed E-state index contributed by atoms with van der Waals surface area (Å²) < 4.78 is 0. The summed E-state index contributed by atoms with van der Waals surface area (Å²) in [4.78, 5) is 2.41. The molecular weight excluding hydrogens is 222 g/mol. The Morgan fingerprint density at radius 1 is 1.17 bits per heavy atom. The standard InChI is InChI=1S/C16H25NO/c1-12-6-4-5-7-16(12)17(3)15-10-8-14(9-11-15)13(2)18/h8-13,16,18H,4-7H2,1-3H3/t12?,13-,16?/m1/s1. The van der Waals surface area contributed by atoms with Gasteiger partial charge in [-0.1, -0.05) is 31.9 Å². The van der Waals surface area contributed by atoms with Crippen LogP contribution in [0.3, 0.4) is 0 Å². The van der Waals surface area contributed by atoms with Crippen LogP contribution in [0.4, 0.5) is 5.69 Å². The fourth-order valence-corrected chi connectivity index (χ4v) is 3.05. The fourth-order valence-electron chi connectivity index (χ4n) is 3.05. The molecule has 1 saturated carbocycles. The van der Waals surface area contributed by atoms with Crippen LogP contribution in [0.5, 0.6) is 0 Å². The average molecular weight is 247 g/mol. The molecule has 2 nitrogen and oxygen atoms in total. The number of benzene rings is 1. The molecule has 1 fully saturated rings. The highest BCUT2D eigenvalue weighted by molar-refractivity contribution is 5.48. The Bertz CT molecular complexity index is 371. The number of hydrogen-bond acceptors (Lipinski definition) is 2. The van der Waals surface area contributed by atoms with Crippen molar-refractivity contribution in [1.82, 2.24) is 0 Å². The topological polar surface area (TPSA) is 23.5 Å². The van der Waals surface area contributed by atoms with Crippen molar-refractivity contribution >= 4 is 5.69 Å². The molecule has 0 spiro atoms. The van der Waals surface area contributed by atoms with Crippen LogP contribution in [0.1, 0.15) is 51.2 Å². The van der Waals surface area contributed by atoms with Gasteiger partial charge in [-0.3, -0.25) is 0 Å². The molecule has 0 radical (unpaired) electrons. The van der Waals surface area contributed by atoms with Crippen LogP contribution in [0.2, 0.25) is 0 Å². The van der Waals surface area contributed by atoms with E-state index in [0.717, 1.165) is 11.5 Å². The number of rotatable bonds is 3. The highest BCUT2D eigenvalue weighted by atomic mass is 16.3. The van der Waals surface area contributed by atoms with Crippen molar-refractivity contribution in [2.24, 2.45) is 5.92 Å². The van der Waals surface area contributed by atoms with E-state index in [1.807, 2.05) is 19.1 Å². The number of aliphatic hydroxyl groups is 1. The third-order valence-electron chi connectivity index (χ3n) is 4.35. The fraction of sp³-hybridized carbons (Fsp3) is 0.625. The summed E-state index contributed by atoms with van der Waals surface area (Å²) in [5.74, 6) is 0.778. The molecule has 2 unspecified atom stereocenters. The second-order valence-electron chi connectivity index (χ2n) is 5.71. The van der Waals surface area contributed by atoms with Gasteiger partial charge in [-0.05, 0) is 43.4 Å². The van der Waals surface area contributed by atoms with E-state index in [-0.39, 0.29) is 6.10 Å². The third kappa shape index (κ3) is 2.86. The first-order chi connectivity index (χ1) is 8.59. The summed E-state index contributed by atoms with van der Waals surface area (Å²) in [6.45, 7) is 4.17. The van der Waals surface area contributed by atoms with Gasteiger partial charge < -0.3 is 10.0 Å². The van der Waals surface area contributed by atoms with Crippen molar-refractivity contribution in [3.8, 4) is 0 Å². The van der Waals surface area contributed by atoms with E-state index in [4.69, 9.17) is 0 Å². The molecule has 0 aromatic heterocycles. The van der Waals surface area contributed by atoms with Crippen LogP contribution in [0, 0.1) is 5.92 Å². The van der Waals surface area contributed by atoms with Crippen LogP contribution in [0.25, 0.3) is 0 Å². The Kier molecular flexibility index (Phi) is 4.28. The van der Waals surface area contributed by atoms with E-state index in [2.05, 4.69) is 31.0 Å². The zero-order chi connectivity index (χ0) is 13.1. The lowest BCUT2D eigenvalue weighted by Gasteiger charge is -2.37. The van der Waals surface area contributed by atoms with E-state index in [1.165, 1.54) is 31.4 Å². The van der Waals surface area contributed by atoms with Gasteiger partial charge in [0.15, 0.2) is 0 Å². The third-order valence-corrected chi connectivity index (χ3v) is 4.35. The Morgan fingerprint density at radius 2 is 1.78 bits per heavy atom. The second-order valence-corrected chi connectivity index (χ2v) is 5.71. The molecule has 100 valence electrons. The largest absolute Gasteiger partial charge is 0.389 e. The first kappa shape index (κ1) is 13.4.